The highest BCUT2D eigenvalue weighted by Crippen LogP contribution is 2.11. The second kappa shape index (κ2) is 4.88. The van der Waals surface area contributed by atoms with E-state index in [2.05, 4.69) is 5.92 Å². The predicted octanol–water partition coefficient (Wildman–Crippen LogP) is 0.893. The van der Waals surface area contributed by atoms with Gasteiger partial charge in [-0.05, 0) is 20.8 Å². The highest BCUT2D eigenvalue weighted by molar-refractivity contribution is 5.84. The molecule has 3 nitrogen and oxygen atoms in total. The van der Waals surface area contributed by atoms with E-state index in [1.165, 1.54) is 7.11 Å². The van der Waals surface area contributed by atoms with Crippen LogP contribution in [0.25, 0.3) is 0 Å². The maximum atomic E-state index is 11.7. The van der Waals surface area contributed by atoms with E-state index in [1.807, 2.05) is 6.92 Å². The zero-order valence-electron chi connectivity index (χ0n) is 8.76. The standard InChI is InChI=1S/C10H17NO2/c1-6-8-11(7-2)9(12)10(3,4)13-5/h1H,7-8H2,2-5H3. The third-order valence-corrected chi connectivity index (χ3v) is 1.98. The van der Waals surface area contributed by atoms with Crippen LogP contribution < -0.4 is 0 Å². The van der Waals surface area contributed by atoms with E-state index in [9.17, 15) is 4.79 Å². The van der Waals surface area contributed by atoms with Crippen LogP contribution in [0.1, 0.15) is 20.8 Å². The van der Waals surface area contributed by atoms with Crippen LogP contribution in [0.3, 0.4) is 0 Å². The second-order valence-electron chi connectivity index (χ2n) is 3.24. The van der Waals surface area contributed by atoms with Gasteiger partial charge in [-0.2, -0.15) is 0 Å². The van der Waals surface area contributed by atoms with Crippen LogP contribution in [0, 0.1) is 12.3 Å². The minimum atomic E-state index is -0.785. The zero-order valence-corrected chi connectivity index (χ0v) is 8.76. The molecular formula is C10H17NO2. The van der Waals surface area contributed by atoms with Crippen molar-refractivity contribution in [1.82, 2.24) is 4.90 Å². The van der Waals surface area contributed by atoms with E-state index in [0.29, 0.717) is 13.1 Å². The van der Waals surface area contributed by atoms with Crippen molar-refractivity contribution in [2.45, 2.75) is 26.4 Å². The van der Waals surface area contributed by atoms with Crippen molar-refractivity contribution in [3.63, 3.8) is 0 Å². The van der Waals surface area contributed by atoms with Crippen LogP contribution in [0.5, 0.6) is 0 Å². The average molecular weight is 183 g/mol. The monoisotopic (exact) mass is 183 g/mol. The van der Waals surface area contributed by atoms with Gasteiger partial charge in [0, 0.05) is 13.7 Å². The van der Waals surface area contributed by atoms with Gasteiger partial charge in [-0.15, -0.1) is 6.42 Å². The molecule has 0 rings (SSSR count). The number of hydrogen-bond acceptors (Lipinski definition) is 2. The van der Waals surface area contributed by atoms with Gasteiger partial charge in [0.25, 0.3) is 5.91 Å². The summed E-state index contributed by atoms with van der Waals surface area (Å²) in [6.45, 7) is 6.29. The minimum Gasteiger partial charge on any atom is -0.369 e. The maximum Gasteiger partial charge on any atom is 0.254 e. The van der Waals surface area contributed by atoms with Crippen molar-refractivity contribution in [3.05, 3.63) is 0 Å². The molecule has 0 aromatic carbocycles. The third kappa shape index (κ3) is 3.08. The molecule has 0 bridgehead atoms. The molecule has 0 fully saturated rings. The van der Waals surface area contributed by atoms with Crippen LogP contribution in [0.4, 0.5) is 0 Å². The molecule has 0 aliphatic carbocycles. The first-order chi connectivity index (χ1) is 5.99. The van der Waals surface area contributed by atoms with Crippen LogP contribution in [0.2, 0.25) is 0 Å². The Kier molecular flexibility index (Phi) is 4.50. The molecule has 0 heterocycles. The number of ether oxygens (including phenoxy) is 1. The molecule has 1 amide bonds. The van der Waals surface area contributed by atoms with Crippen LogP contribution >= 0.6 is 0 Å². The Hall–Kier alpha value is -1.01. The number of methoxy groups -OCH3 is 1. The lowest BCUT2D eigenvalue weighted by Crippen LogP contribution is -2.46. The zero-order chi connectivity index (χ0) is 10.5. The summed E-state index contributed by atoms with van der Waals surface area (Å²) in [5.74, 6) is 2.37. The lowest BCUT2D eigenvalue weighted by molar-refractivity contribution is -0.150. The van der Waals surface area contributed by atoms with E-state index < -0.39 is 5.60 Å². The molecule has 74 valence electrons. The first-order valence-electron chi connectivity index (χ1n) is 4.27. The Morgan fingerprint density at radius 3 is 2.46 bits per heavy atom. The second-order valence-corrected chi connectivity index (χ2v) is 3.24. The molecule has 0 aliphatic rings. The number of carbonyl (C=O) groups excluding carboxylic acids is 1. The number of hydrogen-bond donors (Lipinski definition) is 0. The van der Waals surface area contributed by atoms with Crippen molar-refractivity contribution in [3.8, 4) is 12.3 Å². The normalized spacial score (nSPS) is 10.7. The van der Waals surface area contributed by atoms with Gasteiger partial charge < -0.3 is 9.64 Å². The molecule has 0 atom stereocenters. The number of rotatable bonds is 4. The summed E-state index contributed by atoms with van der Waals surface area (Å²) in [6, 6.07) is 0. The summed E-state index contributed by atoms with van der Waals surface area (Å²) < 4.78 is 5.07. The van der Waals surface area contributed by atoms with Crippen molar-refractivity contribution in [2.75, 3.05) is 20.2 Å². The van der Waals surface area contributed by atoms with Gasteiger partial charge in [0.15, 0.2) is 0 Å². The summed E-state index contributed by atoms with van der Waals surface area (Å²) in [6.07, 6.45) is 5.14. The molecule has 0 aromatic rings. The summed E-state index contributed by atoms with van der Waals surface area (Å²) >= 11 is 0. The number of nitrogens with zero attached hydrogens (tertiary/aromatic N) is 1. The van der Waals surface area contributed by atoms with Gasteiger partial charge in [-0.25, -0.2) is 0 Å². The molecule has 0 aliphatic heterocycles. The van der Waals surface area contributed by atoms with E-state index in [0.717, 1.165) is 0 Å². The van der Waals surface area contributed by atoms with Crippen LogP contribution in [-0.4, -0.2) is 36.6 Å². The van der Waals surface area contributed by atoms with Crippen molar-refractivity contribution >= 4 is 5.91 Å². The SMILES string of the molecule is C#CCN(CC)C(=O)C(C)(C)OC. The van der Waals surface area contributed by atoms with Crippen LogP contribution in [0.15, 0.2) is 0 Å². The fraction of sp³-hybridized carbons (Fsp3) is 0.700. The van der Waals surface area contributed by atoms with Crippen molar-refractivity contribution in [1.29, 1.82) is 0 Å². The smallest absolute Gasteiger partial charge is 0.254 e. The molecule has 0 N–H and O–H groups in total. The molecular weight excluding hydrogens is 166 g/mol. The first kappa shape index (κ1) is 12.0. The fourth-order valence-electron chi connectivity index (χ4n) is 0.905. The summed E-state index contributed by atoms with van der Waals surface area (Å²) in [4.78, 5) is 13.3. The predicted molar refractivity (Wildman–Crippen MR) is 52.2 cm³/mol. The van der Waals surface area contributed by atoms with E-state index in [4.69, 9.17) is 11.2 Å². The Morgan fingerprint density at radius 1 is 1.62 bits per heavy atom. The van der Waals surface area contributed by atoms with Crippen LogP contribution in [-0.2, 0) is 9.53 Å². The topological polar surface area (TPSA) is 29.5 Å². The summed E-state index contributed by atoms with van der Waals surface area (Å²) in [7, 11) is 1.52. The Balaban J connectivity index is 4.47. The molecule has 3 heteroatoms. The largest absolute Gasteiger partial charge is 0.369 e. The highest BCUT2D eigenvalue weighted by Gasteiger charge is 2.30. The quantitative estimate of drug-likeness (QED) is 0.606. The molecule has 0 radical (unpaired) electrons. The molecule has 0 saturated heterocycles. The average Bonchev–Trinajstić information content (AvgIpc) is 2.13. The lowest BCUT2D eigenvalue weighted by atomic mass is 10.1. The van der Waals surface area contributed by atoms with Crippen molar-refractivity contribution < 1.29 is 9.53 Å². The van der Waals surface area contributed by atoms with Gasteiger partial charge in [0.2, 0.25) is 0 Å². The Bertz CT molecular complexity index is 215. The van der Waals surface area contributed by atoms with Crippen molar-refractivity contribution in [2.24, 2.45) is 0 Å². The molecule has 0 spiro atoms. The molecule has 0 saturated carbocycles. The molecule has 0 aromatic heterocycles. The van der Waals surface area contributed by atoms with E-state index >= 15 is 0 Å². The number of likely N-dealkylation sites (N-methyl/N-ethyl adjacent to an activating group) is 1. The van der Waals surface area contributed by atoms with Gasteiger partial charge in [0.05, 0.1) is 6.54 Å². The Morgan fingerprint density at radius 2 is 2.15 bits per heavy atom. The van der Waals surface area contributed by atoms with Gasteiger partial charge >= 0.3 is 0 Å². The number of carbonyl (C=O) groups is 1. The van der Waals surface area contributed by atoms with E-state index in [1.54, 1.807) is 18.7 Å². The summed E-state index contributed by atoms with van der Waals surface area (Å²) in [5, 5.41) is 0. The molecule has 13 heavy (non-hydrogen) atoms. The first-order valence-corrected chi connectivity index (χ1v) is 4.27. The van der Waals surface area contributed by atoms with E-state index in [-0.39, 0.29) is 5.91 Å². The van der Waals surface area contributed by atoms with Gasteiger partial charge in [0.1, 0.15) is 5.60 Å². The van der Waals surface area contributed by atoms with Gasteiger partial charge in [-0.1, -0.05) is 5.92 Å². The fourth-order valence-corrected chi connectivity index (χ4v) is 0.905. The number of amides is 1. The molecule has 0 unspecified atom stereocenters. The number of terminal acetylenes is 1. The Labute approximate surface area is 80.1 Å². The lowest BCUT2D eigenvalue weighted by Gasteiger charge is -2.28. The minimum absolute atomic E-state index is 0.0737. The highest BCUT2D eigenvalue weighted by atomic mass is 16.5. The maximum absolute atomic E-state index is 11.7. The third-order valence-electron chi connectivity index (χ3n) is 1.98. The van der Waals surface area contributed by atoms with Gasteiger partial charge in [-0.3, -0.25) is 4.79 Å². The summed E-state index contributed by atoms with van der Waals surface area (Å²) in [5.41, 5.74) is -0.785.